The van der Waals surface area contributed by atoms with Crippen molar-refractivity contribution in [3.8, 4) is 17.4 Å². The molecule has 3 heterocycles. The predicted octanol–water partition coefficient (Wildman–Crippen LogP) is 2.19. The van der Waals surface area contributed by atoms with Crippen molar-refractivity contribution < 1.29 is 14.3 Å². The van der Waals surface area contributed by atoms with Gasteiger partial charge in [-0.25, -0.2) is 9.97 Å². The number of aromatic nitrogens is 4. The zero-order chi connectivity index (χ0) is 17.1. The number of nitrogens with zero attached hydrogens (tertiary/aromatic N) is 3. The molecule has 3 aromatic rings. The molecule has 0 radical (unpaired) electrons. The van der Waals surface area contributed by atoms with E-state index in [0.29, 0.717) is 35.0 Å². The van der Waals surface area contributed by atoms with Crippen LogP contribution in [0.2, 0.25) is 0 Å². The first-order chi connectivity index (χ1) is 12.3. The fourth-order valence-electron chi connectivity index (χ4n) is 2.71. The van der Waals surface area contributed by atoms with Gasteiger partial charge in [-0.3, -0.25) is 9.89 Å². The lowest BCUT2D eigenvalue weighted by atomic mass is 10.2. The Bertz CT molecular complexity index is 877. The van der Waals surface area contributed by atoms with E-state index in [1.54, 1.807) is 30.5 Å². The normalized spacial score (nSPS) is 17.8. The van der Waals surface area contributed by atoms with E-state index >= 15 is 0 Å². The van der Waals surface area contributed by atoms with Crippen LogP contribution in [0.25, 0.3) is 11.0 Å². The number of benzene rings is 1. The molecule has 2 N–H and O–H groups in total. The van der Waals surface area contributed by atoms with Gasteiger partial charge in [0.05, 0.1) is 6.20 Å². The number of nitrogens with one attached hydrogen (secondary N) is 2. The summed E-state index contributed by atoms with van der Waals surface area (Å²) in [6, 6.07) is 7.11. The van der Waals surface area contributed by atoms with Crippen LogP contribution >= 0.6 is 0 Å². The number of amides is 1. The Morgan fingerprint density at radius 1 is 1.08 bits per heavy atom. The molecule has 25 heavy (non-hydrogen) atoms. The summed E-state index contributed by atoms with van der Waals surface area (Å²) in [7, 11) is 0. The molecule has 128 valence electrons. The molecule has 1 saturated heterocycles. The van der Waals surface area contributed by atoms with Gasteiger partial charge in [0.1, 0.15) is 23.2 Å². The summed E-state index contributed by atoms with van der Waals surface area (Å²) in [5.41, 5.74) is 0.615. The third-order valence-corrected chi connectivity index (χ3v) is 4.01. The molecule has 1 aromatic carbocycles. The molecule has 1 atom stereocenters. The maximum Gasteiger partial charge on any atom is 0.261 e. The third-order valence-electron chi connectivity index (χ3n) is 4.01. The second-order valence-corrected chi connectivity index (χ2v) is 5.78. The Morgan fingerprint density at radius 2 is 1.92 bits per heavy atom. The smallest absolute Gasteiger partial charge is 0.261 e. The van der Waals surface area contributed by atoms with Gasteiger partial charge in [0.25, 0.3) is 5.91 Å². The zero-order valence-corrected chi connectivity index (χ0v) is 13.4. The Balaban J connectivity index is 1.46. The number of aromatic amines is 1. The molecule has 0 saturated carbocycles. The quantitative estimate of drug-likeness (QED) is 0.755. The minimum absolute atomic E-state index is 0.0545. The SMILES string of the molecule is O=C1NCCCCC1Oc1ccc(Oc2ncnc3[nH]ncc23)cc1. The van der Waals surface area contributed by atoms with Crippen molar-refractivity contribution in [1.29, 1.82) is 0 Å². The van der Waals surface area contributed by atoms with E-state index in [1.807, 2.05) is 0 Å². The van der Waals surface area contributed by atoms with Gasteiger partial charge in [0.15, 0.2) is 11.8 Å². The molecular weight excluding hydrogens is 322 g/mol. The zero-order valence-electron chi connectivity index (χ0n) is 13.4. The van der Waals surface area contributed by atoms with E-state index in [4.69, 9.17) is 9.47 Å². The Morgan fingerprint density at radius 3 is 2.80 bits per heavy atom. The van der Waals surface area contributed by atoms with Crippen molar-refractivity contribution in [2.24, 2.45) is 0 Å². The van der Waals surface area contributed by atoms with Crippen LogP contribution in [0.15, 0.2) is 36.8 Å². The number of carbonyl (C=O) groups is 1. The van der Waals surface area contributed by atoms with E-state index in [2.05, 4.69) is 25.5 Å². The highest BCUT2D eigenvalue weighted by Gasteiger charge is 2.22. The molecule has 0 spiro atoms. The van der Waals surface area contributed by atoms with Crippen LogP contribution < -0.4 is 14.8 Å². The summed E-state index contributed by atoms with van der Waals surface area (Å²) >= 11 is 0. The van der Waals surface area contributed by atoms with Crippen molar-refractivity contribution in [1.82, 2.24) is 25.5 Å². The number of fused-ring (bicyclic) bond motifs is 1. The number of rotatable bonds is 4. The maximum absolute atomic E-state index is 11.9. The second kappa shape index (κ2) is 6.76. The molecule has 8 heteroatoms. The Labute approximate surface area is 143 Å². The minimum atomic E-state index is -0.443. The molecule has 1 unspecified atom stereocenters. The second-order valence-electron chi connectivity index (χ2n) is 5.78. The van der Waals surface area contributed by atoms with Crippen molar-refractivity contribution >= 4 is 16.9 Å². The lowest BCUT2D eigenvalue weighted by Gasteiger charge is -2.16. The van der Waals surface area contributed by atoms with Crippen LogP contribution in [0.5, 0.6) is 17.4 Å². The highest BCUT2D eigenvalue weighted by atomic mass is 16.5. The Kier molecular flexibility index (Phi) is 4.16. The lowest BCUT2D eigenvalue weighted by Crippen LogP contribution is -2.36. The molecule has 2 aromatic heterocycles. The first kappa shape index (κ1) is 15.4. The number of hydrogen-bond donors (Lipinski definition) is 2. The molecule has 1 aliphatic rings. The molecule has 1 amide bonds. The molecular formula is C17H17N5O3. The molecule has 0 aliphatic carbocycles. The first-order valence-electron chi connectivity index (χ1n) is 8.16. The van der Waals surface area contributed by atoms with Crippen LogP contribution in [0.4, 0.5) is 0 Å². The van der Waals surface area contributed by atoms with E-state index in [9.17, 15) is 4.79 Å². The van der Waals surface area contributed by atoms with Gasteiger partial charge < -0.3 is 14.8 Å². The fourth-order valence-corrected chi connectivity index (χ4v) is 2.71. The molecule has 1 aliphatic heterocycles. The number of ether oxygens (including phenoxy) is 2. The number of H-pyrrole nitrogens is 1. The molecule has 0 bridgehead atoms. The van der Waals surface area contributed by atoms with Gasteiger partial charge in [-0.15, -0.1) is 0 Å². The van der Waals surface area contributed by atoms with Gasteiger partial charge in [0, 0.05) is 6.54 Å². The van der Waals surface area contributed by atoms with Crippen molar-refractivity contribution in [2.45, 2.75) is 25.4 Å². The van der Waals surface area contributed by atoms with Gasteiger partial charge in [-0.05, 0) is 43.5 Å². The fraction of sp³-hybridized carbons (Fsp3) is 0.294. The average molecular weight is 339 g/mol. The third kappa shape index (κ3) is 3.37. The van der Waals surface area contributed by atoms with Crippen LogP contribution in [-0.4, -0.2) is 38.7 Å². The largest absolute Gasteiger partial charge is 0.481 e. The topological polar surface area (TPSA) is 102 Å². The lowest BCUT2D eigenvalue weighted by molar-refractivity contribution is -0.127. The summed E-state index contributed by atoms with van der Waals surface area (Å²) in [5, 5.41) is 10.3. The molecule has 1 fully saturated rings. The van der Waals surface area contributed by atoms with E-state index in [1.165, 1.54) is 6.33 Å². The van der Waals surface area contributed by atoms with Crippen LogP contribution in [-0.2, 0) is 4.79 Å². The average Bonchev–Trinajstić information content (AvgIpc) is 3.03. The summed E-state index contributed by atoms with van der Waals surface area (Å²) < 4.78 is 11.6. The standard InChI is InChI=1S/C17H17N5O3/c23-16-14(3-1-2-8-18-16)24-11-4-6-12(7-5-11)25-17-13-9-21-22-15(13)19-10-20-17/h4-7,9-10,14H,1-3,8H2,(H,18,23)(H,19,20,21,22). The first-order valence-corrected chi connectivity index (χ1v) is 8.16. The summed E-state index contributed by atoms with van der Waals surface area (Å²) in [6.45, 7) is 0.715. The highest BCUT2D eigenvalue weighted by Crippen LogP contribution is 2.27. The summed E-state index contributed by atoms with van der Waals surface area (Å²) in [6.07, 6.45) is 5.27. The Hall–Kier alpha value is -3.16. The van der Waals surface area contributed by atoms with Gasteiger partial charge in [-0.1, -0.05) is 0 Å². The minimum Gasteiger partial charge on any atom is -0.481 e. The van der Waals surface area contributed by atoms with E-state index < -0.39 is 6.10 Å². The van der Waals surface area contributed by atoms with Crippen molar-refractivity contribution in [3.05, 3.63) is 36.8 Å². The summed E-state index contributed by atoms with van der Waals surface area (Å²) in [4.78, 5) is 20.1. The van der Waals surface area contributed by atoms with Crippen molar-refractivity contribution in [3.63, 3.8) is 0 Å². The molecule has 4 rings (SSSR count). The number of carbonyl (C=O) groups excluding carboxylic acids is 1. The van der Waals surface area contributed by atoms with Crippen LogP contribution in [0.3, 0.4) is 0 Å². The predicted molar refractivity (Wildman–Crippen MR) is 89.5 cm³/mol. The van der Waals surface area contributed by atoms with Gasteiger partial charge in [0.2, 0.25) is 5.88 Å². The highest BCUT2D eigenvalue weighted by molar-refractivity contribution is 5.81. The van der Waals surface area contributed by atoms with Gasteiger partial charge in [-0.2, -0.15) is 5.10 Å². The van der Waals surface area contributed by atoms with Crippen LogP contribution in [0, 0.1) is 0 Å². The summed E-state index contributed by atoms with van der Waals surface area (Å²) in [5.74, 6) is 1.61. The van der Waals surface area contributed by atoms with E-state index in [-0.39, 0.29) is 5.91 Å². The van der Waals surface area contributed by atoms with Crippen LogP contribution in [0.1, 0.15) is 19.3 Å². The van der Waals surface area contributed by atoms with Gasteiger partial charge >= 0.3 is 0 Å². The monoisotopic (exact) mass is 339 g/mol. The number of hydrogen-bond acceptors (Lipinski definition) is 6. The van der Waals surface area contributed by atoms with Crippen molar-refractivity contribution in [2.75, 3.05) is 6.54 Å². The maximum atomic E-state index is 11.9. The molecule has 8 nitrogen and oxygen atoms in total. The van der Waals surface area contributed by atoms with E-state index in [0.717, 1.165) is 19.3 Å².